The van der Waals surface area contributed by atoms with Crippen LogP contribution in [0.25, 0.3) is 0 Å². The van der Waals surface area contributed by atoms with Crippen LogP contribution in [-0.4, -0.2) is 61.9 Å². The molecule has 162 valence electrons. The molecule has 0 radical (unpaired) electrons. The maximum atomic E-state index is 12.4. The average molecular weight is 413 g/mol. The molecule has 0 unspecified atom stereocenters. The largest absolute Gasteiger partial charge is 0.497 e. The minimum Gasteiger partial charge on any atom is -0.497 e. The van der Waals surface area contributed by atoms with Gasteiger partial charge in [-0.1, -0.05) is 24.3 Å². The van der Waals surface area contributed by atoms with Crippen LogP contribution in [0, 0.1) is 0 Å². The molecule has 3 rings (SSSR count). The number of methoxy groups -OCH3 is 2. The smallest absolute Gasteiger partial charge is 0.410 e. The van der Waals surface area contributed by atoms with Crippen molar-refractivity contribution >= 4 is 6.09 Å². The third-order valence-electron chi connectivity index (χ3n) is 5.19. The van der Waals surface area contributed by atoms with E-state index in [-0.39, 0.29) is 12.1 Å². The van der Waals surface area contributed by atoms with Gasteiger partial charge in [-0.15, -0.1) is 0 Å². The number of rotatable bonds is 5. The number of hydrogen-bond acceptors (Lipinski definition) is 5. The van der Waals surface area contributed by atoms with Crippen molar-refractivity contribution < 1.29 is 19.0 Å². The fourth-order valence-corrected chi connectivity index (χ4v) is 3.68. The van der Waals surface area contributed by atoms with Gasteiger partial charge in [-0.25, -0.2) is 4.79 Å². The highest BCUT2D eigenvalue weighted by Gasteiger charge is 2.30. The summed E-state index contributed by atoms with van der Waals surface area (Å²) in [4.78, 5) is 16.6. The van der Waals surface area contributed by atoms with E-state index in [2.05, 4.69) is 29.2 Å². The molecule has 0 aliphatic carbocycles. The Morgan fingerprint density at radius 1 is 0.800 bits per heavy atom. The van der Waals surface area contributed by atoms with Gasteiger partial charge >= 0.3 is 6.09 Å². The third kappa shape index (κ3) is 5.45. The molecule has 1 saturated heterocycles. The Labute approximate surface area is 179 Å². The summed E-state index contributed by atoms with van der Waals surface area (Å²) >= 11 is 0. The van der Waals surface area contributed by atoms with Crippen molar-refractivity contribution in [3.8, 4) is 11.5 Å². The predicted molar refractivity (Wildman–Crippen MR) is 117 cm³/mol. The van der Waals surface area contributed by atoms with Gasteiger partial charge in [-0.3, -0.25) is 4.90 Å². The lowest BCUT2D eigenvalue weighted by molar-refractivity contribution is 0.0119. The Morgan fingerprint density at radius 3 is 1.60 bits per heavy atom. The first kappa shape index (κ1) is 22.0. The van der Waals surface area contributed by atoms with Gasteiger partial charge in [0.1, 0.15) is 17.1 Å². The molecule has 1 amide bonds. The van der Waals surface area contributed by atoms with Crippen LogP contribution in [0.4, 0.5) is 4.79 Å². The molecule has 0 spiro atoms. The van der Waals surface area contributed by atoms with Crippen LogP contribution in [0.2, 0.25) is 0 Å². The Hall–Kier alpha value is -2.73. The van der Waals surface area contributed by atoms with E-state index in [0.29, 0.717) is 13.1 Å². The van der Waals surface area contributed by atoms with Crippen LogP contribution in [0.15, 0.2) is 48.5 Å². The predicted octanol–water partition coefficient (Wildman–Crippen LogP) is 4.35. The Bertz CT molecular complexity index is 772. The summed E-state index contributed by atoms with van der Waals surface area (Å²) in [5, 5.41) is 0. The standard InChI is InChI=1S/C24H32N2O4/c1-24(2,3)30-23(27)26-16-14-25(15-17-26)22(18-6-10-20(28-4)11-7-18)19-8-12-21(29-5)13-9-19/h6-13,22H,14-17H2,1-5H3. The molecule has 30 heavy (non-hydrogen) atoms. The van der Waals surface area contributed by atoms with Crippen molar-refractivity contribution in [2.24, 2.45) is 0 Å². The molecule has 1 heterocycles. The summed E-state index contributed by atoms with van der Waals surface area (Å²) in [6.45, 7) is 8.49. The Balaban J connectivity index is 1.79. The second kappa shape index (κ2) is 9.39. The highest BCUT2D eigenvalue weighted by Crippen LogP contribution is 2.32. The maximum Gasteiger partial charge on any atom is 0.410 e. The first-order valence-electron chi connectivity index (χ1n) is 10.3. The van der Waals surface area contributed by atoms with Crippen LogP contribution < -0.4 is 9.47 Å². The van der Waals surface area contributed by atoms with Gasteiger partial charge in [0.25, 0.3) is 0 Å². The summed E-state index contributed by atoms with van der Waals surface area (Å²) in [6, 6.07) is 16.5. The molecule has 0 N–H and O–H groups in total. The van der Waals surface area contributed by atoms with Gasteiger partial charge in [0, 0.05) is 26.2 Å². The van der Waals surface area contributed by atoms with Gasteiger partial charge in [0.05, 0.1) is 20.3 Å². The zero-order valence-corrected chi connectivity index (χ0v) is 18.6. The van der Waals surface area contributed by atoms with Crippen molar-refractivity contribution in [1.29, 1.82) is 0 Å². The van der Waals surface area contributed by atoms with Crippen LogP contribution in [-0.2, 0) is 4.74 Å². The molecule has 6 nitrogen and oxygen atoms in total. The number of carbonyl (C=O) groups is 1. The minimum atomic E-state index is -0.483. The molecule has 6 heteroatoms. The number of amides is 1. The molecular weight excluding hydrogens is 380 g/mol. The lowest BCUT2D eigenvalue weighted by Gasteiger charge is -2.40. The number of benzene rings is 2. The number of piperazine rings is 1. The second-order valence-corrected chi connectivity index (χ2v) is 8.45. The molecule has 2 aromatic rings. The molecule has 0 atom stereocenters. The van der Waals surface area contributed by atoms with Crippen molar-refractivity contribution in [3.05, 3.63) is 59.7 Å². The number of nitrogens with zero attached hydrogens (tertiary/aromatic N) is 2. The number of carbonyl (C=O) groups excluding carboxylic acids is 1. The normalized spacial score (nSPS) is 15.2. The van der Waals surface area contributed by atoms with Crippen LogP contribution in [0.5, 0.6) is 11.5 Å². The molecule has 1 aliphatic heterocycles. The molecule has 1 fully saturated rings. The molecule has 0 bridgehead atoms. The maximum absolute atomic E-state index is 12.4. The van der Waals surface area contributed by atoms with E-state index >= 15 is 0 Å². The van der Waals surface area contributed by atoms with Gasteiger partial charge in [0.2, 0.25) is 0 Å². The summed E-state index contributed by atoms with van der Waals surface area (Å²) in [5.41, 5.74) is 1.89. The van der Waals surface area contributed by atoms with Gasteiger partial charge in [-0.2, -0.15) is 0 Å². The van der Waals surface area contributed by atoms with E-state index < -0.39 is 5.60 Å². The SMILES string of the molecule is COc1ccc(C(c2ccc(OC)cc2)N2CCN(C(=O)OC(C)(C)C)CC2)cc1. The summed E-state index contributed by atoms with van der Waals surface area (Å²) in [5.74, 6) is 1.67. The van der Waals surface area contributed by atoms with E-state index in [9.17, 15) is 4.79 Å². The van der Waals surface area contributed by atoms with Gasteiger partial charge < -0.3 is 19.1 Å². The average Bonchev–Trinajstić information content (AvgIpc) is 2.74. The quantitative estimate of drug-likeness (QED) is 0.731. The van der Waals surface area contributed by atoms with Crippen LogP contribution in [0.3, 0.4) is 0 Å². The third-order valence-corrected chi connectivity index (χ3v) is 5.19. The monoisotopic (exact) mass is 412 g/mol. The first-order chi connectivity index (χ1) is 14.3. The summed E-state index contributed by atoms with van der Waals surface area (Å²) in [6.07, 6.45) is -0.243. The Morgan fingerprint density at radius 2 is 1.23 bits per heavy atom. The van der Waals surface area contributed by atoms with E-state index in [0.717, 1.165) is 24.6 Å². The minimum absolute atomic E-state index is 0.0857. The number of ether oxygens (including phenoxy) is 3. The fraction of sp³-hybridized carbons (Fsp3) is 0.458. The van der Waals surface area contributed by atoms with Gasteiger partial charge in [0.15, 0.2) is 0 Å². The lowest BCUT2D eigenvalue weighted by atomic mass is 9.96. The molecular formula is C24H32N2O4. The van der Waals surface area contributed by atoms with Crippen LogP contribution >= 0.6 is 0 Å². The summed E-state index contributed by atoms with van der Waals surface area (Å²) in [7, 11) is 3.34. The van der Waals surface area contributed by atoms with Crippen molar-refractivity contribution in [1.82, 2.24) is 9.80 Å². The molecule has 1 aliphatic rings. The van der Waals surface area contributed by atoms with Crippen molar-refractivity contribution in [3.63, 3.8) is 0 Å². The highest BCUT2D eigenvalue weighted by molar-refractivity contribution is 5.68. The first-order valence-corrected chi connectivity index (χ1v) is 10.3. The van der Waals surface area contributed by atoms with Crippen molar-refractivity contribution in [2.75, 3.05) is 40.4 Å². The van der Waals surface area contributed by atoms with E-state index in [1.165, 1.54) is 11.1 Å². The highest BCUT2D eigenvalue weighted by atomic mass is 16.6. The van der Waals surface area contributed by atoms with E-state index in [1.54, 1.807) is 19.1 Å². The van der Waals surface area contributed by atoms with Gasteiger partial charge in [-0.05, 0) is 56.2 Å². The zero-order chi connectivity index (χ0) is 21.7. The van der Waals surface area contributed by atoms with E-state index in [1.807, 2.05) is 45.0 Å². The molecule has 0 saturated carbocycles. The zero-order valence-electron chi connectivity index (χ0n) is 18.6. The molecule has 2 aromatic carbocycles. The summed E-state index contributed by atoms with van der Waals surface area (Å²) < 4.78 is 16.2. The topological polar surface area (TPSA) is 51.2 Å². The molecule has 0 aromatic heterocycles. The second-order valence-electron chi connectivity index (χ2n) is 8.45. The fourth-order valence-electron chi connectivity index (χ4n) is 3.68. The lowest BCUT2D eigenvalue weighted by Crippen LogP contribution is -2.51. The van der Waals surface area contributed by atoms with Crippen molar-refractivity contribution in [2.45, 2.75) is 32.4 Å². The van der Waals surface area contributed by atoms with Crippen LogP contribution in [0.1, 0.15) is 37.9 Å². The van der Waals surface area contributed by atoms with E-state index in [4.69, 9.17) is 14.2 Å². The Kier molecular flexibility index (Phi) is 6.87. The number of hydrogen-bond donors (Lipinski definition) is 0.